The van der Waals surface area contributed by atoms with E-state index in [1.54, 1.807) is 48.5 Å². The second kappa shape index (κ2) is 10.7. The molecule has 0 fully saturated rings. The molecule has 2 aromatic rings. The fourth-order valence-corrected chi connectivity index (χ4v) is 3.81. The van der Waals surface area contributed by atoms with Crippen molar-refractivity contribution in [2.75, 3.05) is 11.9 Å². The first-order valence-electron chi connectivity index (χ1n) is 9.56. The van der Waals surface area contributed by atoms with Crippen LogP contribution in [-0.4, -0.2) is 32.8 Å². The van der Waals surface area contributed by atoms with E-state index in [-0.39, 0.29) is 30.0 Å². The number of nitrogens with one attached hydrogen (secondary N) is 3. The number of sulfonamides is 1. The van der Waals surface area contributed by atoms with E-state index in [1.165, 1.54) is 6.08 Å². The Bertz CT molecular complexity index is 971. The second-order valence-electron chi connectivity index (χ2n) is 7.14. The minimum Gasteiger partial charge on any atom is -0.340 e. The molecule has 8 heteroatoms. The summed E-state index contributed by atoms with van der Waals surface area (Å²) in [6.45, 7) is 7.34. The van der Waals surface area contributed by atoms with Crippen molar-refractivity contribution in [3.8, 4) is 0 Å². The van der Waals surface area contributed by atoms with E-state index >= 15 is 0 Å². The number of hydrogen-bond donors (Lipinski definition) is 3. The van der Waals surface area contributed by atoms with Crippen molar-refractivity contribution < 1.29 is 18.0 Å². The number of carbonyl (C=O) groups excluding carboxylic acids is 2. The van der Waals surface area contributed by atoms with E-state index in [0.29, 0.717) is 16.8 Å². The third-order valence-electron chi connectivity index (χ3n) is 4.30. The van der Waals surface area contributed by atoms with Gasteiger partial charge in [-0.2, -0.15) is 0 Å². The fraction of sp³-hybridized carbons (Fsp3) is 0.273. The smallest absolute Gasteiger partial charge is 0.251 e. The molecule has 3 N–H and O–H groups in total. The van der Waals surface area contributed by atoms with Crippen LogP contribution in [0.3, 0.4) is 0 Å². The lowest BCUT2D eigenvalue weighted by Crippen LogP contribution is -2.47. The highest BCUT2D eigenvalue weighted by molar-refractivity contribution is 7.88. The van der Waals surface area contributed by atoms with Crippen LogP contribution in [0.15, 0.2) is 67.3 Å². The van der Waals surface area contributed by atoms with E-state index in [0.717, 1.165) is 0 Å². The van der Waals surface area contributed by atoms with Gasteiger partial charge in [-0.15, -0.1) is 6.58 Å². The Balaban J connectivity index is 2.02. The highest BCUT2D eigenvalue weighted by Crippen LogP contribution is 2.14. The van der Waals surface area contributed by atoms with Crippen LogP contribution in [-0.2, 0) is 20.6 Å². The Morgan fingerprint density at radius 3 is 2.23 bits per heavy atom. The van der Waals surface area contributed by atoms with Crippen LogP contribution in [0.25, 0.3) is 0 Å². The van der Waals surface area contributed by atoms with Gasteiger partial charge in [0.1, 0.15) is 6.04 Å². The van der Waals surface area contributed by atoms with Crippen LogP contribution >= 0.6 is 0 Å². The van der Waals surface area contributed by atoms with Gasteiger partial charge in [-0.25, -0.2) is 13.1 Å². The molecular formula is C22H27N3O4S. The molecule has 1 unspecified atom stereocenters. The topological polar surface area (TPSA) is 104 Å². The van der Waals surface area contributed by atoms with E-state index in [4.69, 9.17) is 0 Å². The lowest BCUT2D eigenvalue weighted by Gasteiger charge is -2.22. The summed E-state index contributed by atoms with van der Waals surface area (Å²) in [4.78, 5) is 25.1. The van der Waals surface area contributed by atoms with Crippen molar-refractivity contribution in [2.24, 2.45) is 5.92 Å². The van der Waals surface area contributed by atoms with Gasteiger partial charge in [0.15, 0.2) is 0 Å². The summed E-state index contributed by atoms with van der Waals surface area (Å²) in [5, 5.41) is 5.54. The number of carbonyl (C=O) groups is 2. The van der Waals surface area contributed by atoms with Crippen molar-refractivity contribution in [3.05, 3.63) is 78.4 Å². The summed E-state index contributed by atoms with van der Waals surface area (Å²) in [6, 6.07) is 14.5. The van der Waals surface area contributed by atoms with Gasteiger partial charge in [0, 0.05) is 17.8 Å². The number of rotatable bonds is 10. The first-order valence-corrected chi connectivity index (χ1v) is 11.2. The molecule has 2 rings (SSSR count). The minimum absolute atomic E-state index is 0.127. The van der Waals surface area contributed by atoms with E-state index in [9.17, 15) is 18.0 Å². The van der Waals surface area contributed by atoms with Gasteiger partial charge in [-0.05, 0) is 35.7 Å². The number of benzene rings is 2. The summed E-state index contributed by atoms with van der Waals surface area (Å²) < 4.78 is 26.3. The van der Waals surface area contributed by atoms with Gasteiger partial charge >= 0.3 is 0 Å². The van der Waals surface area contributed by atoms with Crippen LogP contribution in [0.1, 0.15) is 29.8 Å². The Kier molecular flexibility index (Phi) is 8.32. The number of amides is 2. The lowest BCUT2D eigenvalue weighted by atomic mass is 10.0. The second-order valence-corrected chi connectivity index (χ2v) is 8.95. The molecule has 2 aromatic carbocycles. The van der Waals surface area contributed by atoms with Crippen molar-refractivity contribution >= 4 is 27.5 Å². The van der Waals surface area contributed by atoms with E-state index < -0.39 is 16.1 Å². The average molecular weight is 430 g/mol. The zero-order valence-corrected chi connectivity index (χ0v) is 17.9. The maximum Gasteiger partial charge on any atom is 0.251 e. The molecule has 0 saturated carbocycles. The fourth-order valence-electron chi connectivity index (χ4n) is 2.71. The predicted molar refractivity (Wildman–Crippen MR) is 118 cm³/mol. The average Bonchev–Trinajstić information content (AvgIpc) is 2.72. The highest BCUT2D eigenvalue weighted by atomic mass is 32.2. The monoisotopic (exact) mass is 429 g/mol. The quantitative estimate of drug-likeness (QED) is 0.505. The molecule has 0 bridgehead atoms. The molecule has 160 valence electrons. The van der Waals surface area contributed by atoms with Crippen molar-refractivity contribution in [1.29, 1.82) is 0 Å². The molecule has 0 aliphatic carbocycles. The molecule has 0 spiro atoms. The van der Waals surface area contributed by atoms with Crippen molar-refractivity contribution in [3.63, 3.8) is 0 Å². The maximum atomic E-state index is 12.7. The van der Waals surface area contributed by atoms with Crippen LogP contribution in [0.5, 0.6) is 0 Å². The molecule has 0 heterocycles. The normalized spacial score (nSPS) is 12.2. The molecule has 2 amide bonds. The standard InChI is InChI=1S/C22H27N3O4S/c1-4-14-23-30(28,29)15-17-10-12-19(13-11-17)24-22(27)20(16(2)3)25-21(26)18-8-6-5-7-9-18/h4-13,16,20,23H,1,14-15H2,2-3H3,(H,24,27)(H,25,26). The first kappa shape index (κ1) is 23.3. The summed E-state index contributed by atoms with van der Waals surface area (Å²) >= 11 is 0. The van der Waals surface area contributed by atoms with Crippen LogP contribution in [0, 0.1) is 5.92 Å². The minimum atomic E-state index is -3.45. The van der Waals surface area contributed by atoms with Crippen LogP contribution < -0.4 is 15.4 Å². The van der Waals surface area contributed by atoms with Crippen molar-refractivity contribution in [2.45, 2.75) is 25.6 Å². The third kappa shape index (κ3) is 7.13. The molecular weight excluding hydrogens is 402 g/mol. The van der Waals surface area contributed by atoms with Gasteiger partial charge < -0.3 is 10.6 Å². The molecule has 1 atom stereocenters. The molecule has 0 radical (unpaired) electrons. The largest absolute Gasteiger partial charge is 0.340 e. The Morgan fingerprint density at radius 2 is 1.67 bits per heavy atom. The first-order chi connectivity index (χ1) is 14.2. The predicted octanol–water partition coefficient (Wildman–Crippen LogP) is 2.69. The van der Waals surface area contributed by atoms with E-state index in [1.807, 2.05) is 19.9 Å². The van der Waals surface area contributed by atoms with Gasteiger partial charge in [0.25, 0.3) is 5.91 Å². The molecule has 0 saturated heterocycles. The molecule has 0 aromatic heterocycles. The van der Waals surface area contributed by atoms with E-state index in [2.05, 4.69) is 21.9 Å². The zero-order valence-electron chi connectivity index (χ0n) is 17.1. The summed E-state index contributed by atoms with van der Waals surface area (Å²) in [7, 11) is -3.45. The van der Waals surface area contributed by atoms with Gasteiger partial charge in [0.05, 0.1) is 5.75 Å². The van der Waals surface area contributed by atoms with Crippen molar-refractivity contribution in [1.82, 2.24) is 10.0 Å². The summed E-state index contributed by atoms with van der Waals surface area (Å²) in [5.41, 5.74) is 1.58. The molecule has 0 aliphatic rings. The number of hydrogen-bond acceptors (Lipinski definition) is 4. The molecule has 7 nitrogen and oxygen atoms in total. The third-order valence-corrected chi connectivity index (χ3v) is 5.62. The zero-order chi connectivity index (χ0) is 22.1. The highest BCUT2D eigenvalue weighted by Gasteiger charge is 2.24. The van der Waals surface area contributed by atoms with Crippen LogP contribution in [0.2, 0.25) is 0 Å². The Hall–Kier alpha value is -2.97. The van der Waals surface area contributed by atoms with Gasteiger partial charge in [-0.3, -0.25) is 9.59 Å². The van der Waals surface area contributed by atoms with Gasteiger partial charge in [0.2, 0.25) is 15.9 Å². The molecule has 30 heavy (non-hydrogen) atoms. The van der Waals surface area contributed by atoms with Crippen LogP contribution in [0.4, 0.5) is 5.69 Å². The Labute approximate surface area is 177 Å². The molecule has 0 aliphatic heterocycles. The lowest BCUT2D eigenvalue weighted by molar-refractivity contribution is -0.118. The summed E-state index contributed by atoms with van der Waals surface area (Å²) in [6.07, 6.45) is 1.47. The Morgan fingerprint density at radius 1 is 1.03 bits per heavy atom. The summed E-state index contributed by atoms with van der Waals surface area (Å²) in [5.74, 6) is -0.964. The number of anilines is 1. The maximum absolute atomic E-state index is 12.7. The van der Waals surface area contributed by atoms with Gasteiger partial charge in [-0.1, -0.05) is 50.3 Å². The SMILES string of the molecule is C=CCNS(=O)(=O)Cc1ccc(NC(=O)C(NC(=O)c2ccccc2)C(C)C)cc1.